The summed E-state index contributed by atoms with van der Waals surface area (Å²) in [6, 6.07) is 12.8. The summed E-state index contributed by atoms with van der Waals surface area (Å²) in [5.74, 6) is 2.52. The van der Waals surface area contributed by atoms with Crippen LogP contribution in [0.4, 0.5) is 0 Å². The van der Waals surface area contributed by atoms with Crippen LogP contribution in [0.5, 0.6) is 23.0 Å². The van der Waals surface area contributed by atoms with E-state index in [0.29, 0.717) is 30.2 Å². The molecule has 0 aromatic heterocycles. The van der Waals surface area contributed by atoms with Gasteiger partial charge in [-0.1, -0.05) is 13.0 Å². The largest absolute Gasteiger partial charge is 0.497 e. The minimum absolute atomic E-state index is 0.0554. The SMILES string of the molecule is CC[C@@H](Oc1ccc(OC)cc1)C(=O)NCc1ccc(OC(C)C)c(OC)c1. The van der Waals surface area contributed by atoms with Crippen LogP contribution in [0, 0.1) is 0 Å². The van der Waals surface area contributed by atoms with Crippen LogP contribution >= 0.6 is 0 Å². The lowest BCUT2D eigenvalue weighted by Crippen LogP contribution is -2.37. The number of carbonyl (C=O) groups excluding carboxylic acids is 1. The zero-order chi connectivity index (χ0) is 20.5. The van der Waals surface area contributed by atoms with Crippen LogP contribution in [0.15, 0.2) is 42.5 Å². The Morgan fingerprint density at radius 3 is 2.18 bits per heavy atom. The maximum Gasteiger partial charge on any atom is 0.261 e. The van der Waals surface area contributed by atoms with Crippen LogP contribution < -0.4 is 24.3 Å². The molecular formula is C22H29NO5. The Morgan fingerprint density at radius 2 is 1.61 bits per heavy atom. The maximum absolute atomic E-state index is 12.5. The lowest BCUT2D eigenvalue weighted by molar-refractivity contribution is -0.128. The standard InChI is InChI=1S/C22H29NO5/c1-6-19(28-18-10-8-17(25-4)9-11-18)22(24)23-14-16-7-12-20(27-15(2)3)21(13-16)26-5/h7-13,15,19H,6,14H2,1-5H3,(H,23,24)/t19-/m1/s1. The van der Waals surface area contributed by atoms with Gasteiger partial charge in [-0.15, -0.1) is 0 Å². The molecule has 2 aromatic rings. The van der Waals surface area contributed by atoms with Crippen molar-refractivity contribution in [3.05, 3.63) is 48.0 Å². The van der Waals surface area contributed by atoms with E-state index in [2.05, 4.69) is 5.32 Å². The van der Waals surface area contributed by atoms with E-state index in [1.165, 1.54) is 0 Å². The monoisotopic (exact) mass is 387 g/mol. The van der Waals surface area contributed by atoms with Gasteiger partial charge in [-0.2, -0.15) is 0 Å². The van der Waals surface area contributed by atoms with Crippen molar-refractivity contribution in [2.24, 2.45) is 0 Å². The predicted molar refractivity (Wildman–Crippen MR) is 108 cm³/mol. The van der Waals surface area contributed by atoms with Gasteiger partial charge in [0.15, 0.2) is 17.6 Å². The molecule has 0 aliphatic rings. The van der Waals surface area contributed by atoms with Gasteiger partial charge in [0.25, 0.3) is 5.91 Å². The van der Waals surface area contributed by atoms with Gasteiger partial charge in [0, 0.05) is 6.54 Å². The summed E-state index contributed by atoms with van der Waals surface area (Å²) >= 11 is 0. The average molecular weight is 387 g/mol. The third kappa shape index (κ3) is 6.08. The highest BCUT2D eigenvalue weighted by molar-refractivity contribution is 5.81. The number of nitrogens with one attached hydrogen (secondary N) is 1. The molecule has 0 spiro atoms. The molecule has 0 unspecified atom stereocenters. The molecule has 6 nitrogen and oxygen atoms in total. The highest BCUT2D eigenvalue weighted by atomic mass is 16.5. The summed E-state index contributed by atoms with van der Waals surface area (Å²) < 4.78 is 22.0. The molecule has 1 atom stereocenters. The van der Waals surface area contributed by atoms with Crippen LogP contribution in [0.2, 0.25) is 0 Å². The van der Waals surface area contributed by atoms with E-state index in [4.69, 9.17) is 18.9 Å². The average Bonchev–Trinajstić information content (AvgIpc) is 2.71. The number of carbonyl (C=O) groups is 1. The molecule has 0 saturated heterocycles. The number of amides is 1. The number of hydrogen-bond donors (Lipinski definition) is 1. The van der Waals surface area contributed by atoms with Gasteiger partial charge in [-0.05, 0) is 62.2 Å². The molecule has 1 N–H and O–H groups in total. The number of rotatable bonds is 10. The van der Waals surface area contributed by atoms with Gasteiger partial charge >= 0.3 is 0 Å². The maximum atomic E-state index is 12.5. The Morgan fingerprint density at radius 1 is 0.929 bits per heavy atom. The summed E-state index contributed by atoms with van der Waals surface area (Å²) in [5.41, 5.74) is 0.917. The van der Waals surface area contributed by atoms with Crippen LogP contribution in [0.3, 0.4) is 0 Å². The topological polar surface area (TPSA) is 66.0 Å². The van der Waals surface area contributed by atoms with Crippen molar-refractivity contribution >= 4 is 5.91 Å². The number of methoxy groups -OCH3 is 2. The number of ether oxygens (including phenoxy) is 4. The molecule has 6 heteroatoms. The lowest BCUT2D eigenvalue weighted by atomic mass is 10.2. The molecule has 0 radical (unpaired) electrons. The first kappa shape index (κ1) is 21.4. The fourth-order valence-corrected chi connectivity index (χ4v) is 2.62. The molecule has 0 aliphatic heterocycles. The van der Waals surface area contributed by atoms with E-state index in [9.17, 15) is 4.79 Å². The molecule has 0 fully saturated rings. The van der Waals surface area contributed by atoms with Gasteiger partial charge in [0.05, 0.1) is 20.3 Å². The van der Waals surface area contributed by atoms with Gasteiger partial charge in [0.1, 0.15) is 11.5 Å². The first-order valence-electron chi connectivity index (χ1n) is 9.38. The van der Waals surface area contributed by atoms with Crippen molar-refractivity contribution in [1.82, 2.24) is 5.32 Å². The quantitative estimate of drug-likeness (QED) is 0.668. The predicted octanol–water partition coefficient (Wildman–Crippen LogP) is 3.96. The molecule has 2 rings (SSSR count). The van der Waals surface area contributed by atoms with Gasteiger partial charge in [0.2, 0.25) is 0 Å². The summed E-state index contributed by atoms with van der Waals surface area (Å²) in [6.45, 7) is 6.21. The summed E-state index contributed by atoms with van der Waals surface area (Å²) in [7, 11) is 3.20. The third-order valence-electron chi connectivity index (χ3n) is 4.06. The first-order chi connectivity index (χ1) is 13.5. The summed E-state index contributed by atoms with van der Waals surface area (Å²) in [4.78, 5) is 12.5. The van der Waals surface area contributed by atoms with Crippen molar-refractivity contribution in [3.8, 4) is 23.0 Å². The second kappa shape index (κ2) is 10.4. The van der Waals surface area contributed by atoms with Gasteiger partial charge in [-0.3, -0.25) is 4.79 Å². The fourth-order valence-electron chi connectivity index (χ4n) is 2.62. The molecule has 0 bridgehead atoms. The van der Waals surface area contributed by atoms with Crippen LogP contribution in [0.1, 0.15) is 32.8 Å². The Bertz CT molecular complexity index is 758. The smallest absolute Gasteiger partial charge is 0.261 e. The number of benzene rings is 2. The molecule has 2 aromatic carbocycles. The van der Waals surface area contributed by atoms with E-state index in [0.717, 1.165) is 11.3 Å². The Labute approximate surface area is 166 Å². The summed E-state index contributed by atoms with van der Waals surface area (Å²) in [6.07, 6.45) is 0.0428. The second-order valence-electron chi connectivity index (χ2n) is 6.56. The normalized spacial score (nSPS) is 11.6. The van der Waals surface area contributed by atoms with E-state index in [1.807, 2.05) is 39.0 Å². The van der Waals surface area contributed by atoms with Crippen molar-refractivity contribution in [2.45, 2.75) is 45.9 Å². The van der Waals surface area contributed by atoms with Crippen molar-refractivity contribution in [2.75, 3.05) is 14.2 Å². The lowest BCUT2D eigenvalue weighted by Gasteiger charge is -2.18. The Balaban J connectivity index is 1.96. The first-order valence-corrected chi connectivity index (χ1v) is 9.38. The third-order valence-corrected chi connectivity index (χ3v) is 4.06. The van der Waals surface area contributed by atoms with Crippen LogP contribution in [0.25, 0.3) is 0 Å². The summed E-state index contributed by atoms with van der Waals surface area (Å²) in [5, 5.41) is 2.92. The second-order valence-corrected chi connectivity index (χ2v) is 6.56. The fraction of sp³-hybridized carbons (Fsp3) is 0.409. The van der Waals surface area contributed by atoms with Gasteiger partial charge < -0.3 is 24.3 Å². The zero-order valence-corrected chi connectivity index (χ0v) is 17.2. The molecule has 0 aliphatic carbocycles. The minimum Gasteiger partial charge on any atom is -0.497 e. The van der Waals surface area contributed by atoms with Crippen molar-refractivity contribution in [1.29, 1.82) is 0 Å². The highest BCUT2D eigenvalue weighted by Crippen LogP contribution is 2.29. The molecule has 1 amide bonds. The van der Waals surface area contributed by atoms with E-state index >= 15 is 0 Å². The molecular weight excluding hydrogens is 358 g/mol. The van der Waals surface area contributed by atoms with Crippen LogP contribution in [-0.4, -0.2) is 32.3 Å². The minimum atomic E-state index is -0.571. The number of hydrogen-bond acceptors (Lipinski definition) is 5. The zero-order valence-electron chi connectivity index (χ0n) is 17.2. The van der Waals surface area contributed by atoms with Crippen molar-refractivity contribution in [3.63, 3.8) is 0 Å². The van der Waals surface area contributed by atoms with Crippen LogP contribution in [-0.2, 0) is 11.3 Å². The molecule has 152 valence electrons. The molecule has 0 saturated carbocycles. The Kier molecular flexibility index (Phi) is 7.99. The van der Waals surface area contributed by atoms with E-state index < -0.39 is 6.10 Å². The van der Waals surface area contributed by atoms with E-state index in [1.54, 1.807) is 38.5 Å². The molecule has 0 heterocycles. The van der Waals surface area contributed by atoms with Crippen molar-refractivity contribution < 1.29 is 23.7 Å². The highest BCUT2D eigenvalue weighted by Gasteiger charge is 2.18. The molecule has 28 heavy (non-hydrogen) atoms. The van der Waals surface area contributed by atoms with E-state index in [-0.39, 0.29) is 12.0 Å². The Hall–Kier alpha value is -2.89. The van der Waals surface area contributed by atoms with Gasteiger partial charge in [-0.25, -0.2) is 0 Å².